The Bertz CT molecular complexity index is 133. The molecule has 52 valence electrons. The normalized spacial score (nSPS) is 11.1. The SMILES string of the molecule is C=C(O)/C(CBr)=N/OC. The molecule has 0 saturated heterocycles. The molecule has 0 unspecified atom stereocenters. The van der Waals surface area contributed by atoms with E-state index in [0.29, 0.717) is 11.0 Å². The van der Waals surface area contributed by atoms with Crippen LogP contribution >= 0.6 is 15.9 Å². The van der Waals surface area contributed by atoms with E-state index in [-0.39, 0.29) is 5.76 Å². The van der Waals surface area contributed by atoms with Crippen LogP contribution < -0.4 is 0 Å². The number of alkyl halides is 1. The lowest BCUT2D eigenvalue weighted by atomic mass is 10.4. The molecule has 0 amide bonds. The van der Waals surface area contributed by atoms with Gasteiger partial charge in [-0.1, -0.05) is 27.7 Å². The fourth-order valence-electron chi connectivity index (χ4n) is 0.264. The molecule has 0 bridgehead atoms. The van der Waals surface area contributed by atoms with E-state index < -0.39 is 0 Å². The zero-order chi connectivity index (χ0) is 7.28. The molecule has 1 N–H and O–H groups in total. The zero-order valence-electron chi connectivity index (χ0n) is 5.09. The lowest BCUT2D eigenvalue weighted by Crippen LogP contribution is -2.02. The van der Waals surface area contributed by atoms with E-state index in [1.807, 2.05) is 0 Å². The van der Waals surface area contributed by atoms with Crippen molar-refractivity contribution in [1.29, 1.82) is 0 Å². The predicted molar refractivity (Wildman–Crippen MR) is 40.0 cm³/mol. The van der Waals surface area contributed by atoms with E-state index in [1.165, 1.54) is 7.11 Å². The molecule has 0 fully saturated rings. The highest BCUT2D eigenvalue weighted by atomic mass is 79.9. The highest BCUT2D eigenvalue weighted by Gasteiger charge is 1.99. The predicted octanol–water partition coefficient (Wildman–Crippen LogP) is 1.46. The molecule has 0 aliphatic heterocycles. The van der Waals surface area contributed by atoms with Gasteiger partial charge in [0.15, 0.2) is 0 Å². The van der Waals surface area contributed by atoms with Crippen molar-refractivity contribution < 1.29 is 9.94 Å². The lowest BCUT2D eigenvalue weighted by Gasteiger charge is -1.96. The van der Waals surface area contributed by atoms with Gasteiger partial charge in [0.25, 0.3) is 0 Å². The van der Waals surface area contributed by atoms with Crippen molar-refractivity contribution in [3.8, 4) is 0 Å². The van der Waals surface area contributed by atoms with Crippen LogP contribution in [0.25, 0.3) is 0 Å². The second kappa shape index (κ2) is 4.38. The molecule has 0 aliphatic rings. The van der Waals surface area contributed by atoms with Crippen molar-refractivity contribution in [1.82, 2.24) is 0 Å². The summed E-state index contributed by atoms with van der Waals surface area (Å²) in [7, 11) is 1.41. The van der Waals surface area contributed by atoms with Gasteiger partial charge in [-0.2, -0.15) is 0 Å². The molecule has 3 nitrogen and oxygen atoms in total. The first-order valence-electron chi connectivity index (χ1n) is 2.26. The van der Waals surface area contributed by atoms with Crippen LogP contribution in [0.4, 0.5) is 0 Å². The van der Waals surface area contributed by atoms with Crippen molar-refractivity contribution in [3.05, 3.63) is 12.3 Å². The molecule has 0 rings (SSSR count). The first kappa shape index (κ1) is 8.49. The van der Waals surface area contributed by atoms with Crippen LogP contribution in [0.15, 0.2) is 17.5 Å². The van der Waals surface area contributed by atoms with Gasteiger partial charge in [0, 0.05) is 0 Å². The molecule has 4 heteroatoms. The average molecular weight is 194 g/mol. The standard InChI is InChI=1S/C5H8BrNO2/c1-4(8)5(3-6)7-9-2/h8H,1,3H2,2H3/b7-5+. The first-order valence-corrected chi connectivity index (χ1v) is 3.38. The summed E-state index contributed by atoms with van der Waals surface area (Å²) in [6.07, 6.45) is 0. The largest absolute Gasteiger partial charge is 0.507 e. The van der Waals surface area contributed by atoms with Crippen molar-refractivity contribution >= 4 is 21.6 Å². The number of aliphatic hydroxyl groups is 1. The molecule has 0 atom stereocenters. The van der Waals surface area contributed by atoms with Crippen LogP contribution in [0.1, 0.15) is 0 Å². The van der Waals surface area contributed by atoms with E-state index in [0.717, 1.165) is 0 Å². The van der Waals surface area contributed by atoms with Gasteiger partial charge in [-0.3, -0.25) is 0 Å². The van der Waals surface area contributed by atoms with Gasteiger partial charge in [-0.25, -0.2) is 0 Å². The number of nitrogens with zero attached hydrogens (tertiary/aromatic N) is 1. The topological polar surface area (TPSA) is 41.8 Å². The Hall–Kier alpha value is -0.510. The summed E-state index contributed by atoms with van der Waals surface area (Å²) in [5, 5.41) is 12.6. The van der Waals surface area contributed by atoms with E-state index in [4.69, 9.17) is 5.11 Å². The van der Waals surface area contributed by atoms with E-state index in [1.54, 1.807) is 0 Å². The molecule has 0 radical (unpaired) electrons. The molecule has 0 aliphatic carbocycles. The number of rotatable bonds is 3. The Kier molecular flexibility index (Phi) is 4.13. The van der Waals surface area contributed by atoms with Gasteiger partial charge >= 0.3 is 0 Å². The Morgan fingerprint density at radius 1 is 1.89 bits per heavy atom. The van der Waals surface area contributed by atoms with E-state index >= 15 is 0 Å². The van der Waals surface area contributed by atoms with Gasteiger partial charge in [0.2, 0.25) is 0 Å². The first-order chi connectivity index (χ1) is 4.22. The van der Waals surface area contributed by atoms with Gasteiger partial charge < -0.3 is 9.94 Å². The molecule has 0 heterocycles. The minimum absolute atomic E-state index is 0.0753. The van der Waals surface area contributed by atoms with Crippen molar-refractivity contribution in [2.45, 2.75) is 0 Å². The summed E-state index contributed by atoms with van der Waals surface area (Å²) < 4.78 is 0. The molecule has 0 aromatic rings. The monoisotopic (exact) mass is 193 g/mol. The van der Waals surface area contributed by atoms with Gasteiger partial charge in [-0.05, 0) is 0 Å². The summed E-state index contributed by atoms with van der Waals surface area (Å²) in [6, 6.07) is 0. The van der Waals surface area contributed by atoms with Crippen LogP contribution in [0.3, 0.4) is 0 Å². The van der Waals surface area contributed by atoms with Crippen molar-refractivity contribution in [2.75, 3.05) is 12.4 Å². The molecule has 9 heavy (non-hydrogen) atoms. The summed E-state index contributed by atoms with van der Waals surface area (Å²) in [5.74, 6) is -0.0753. The van der Waals surface area contributed by atoms with Crippen LogP contribution in [-0.4, -0.2) is 23.3 Å². The Balaban J connectivity index is 3.98. The van der Waals surface area contributed by atoms with Crippen LogP contribution in [-0.2, 0) is 4.84 Å². The summed E-state index contributed by atoms with van der Waals surface area (Å²) >= 11 is 3.09. The minimum atomic E-state index is -0.0753. The lowest BCUT2D eigenvalue weighted by molar-refractivity contribution is 0.212. The maximum Gasteiger partial charge on any atom is 0.134 e. The number of hydrogen-bond acceptors (Lipinski definition) is 3. The van der Waals surface area contributed by atoms with Crippen molar-refractivity contribution in [3.63, 3.8) is 0 Å². The molecule has 0 aromatic carbocycles. The highest BCUT2D eigenvalue weighted by Crippen LogP contribution is 1.94. The minimum Gasteiger partial charge on any atom is -0.507 e. The smallest absolute Gasteiger partial charge is 0.134 e. The fourth-order valence-corrected chi connectivity index (χ4v) is 0.690. The maximum atomic E-state index is 8.71. The molecular weight excluding hydrogens is 186 g/mol. The average Bonchev–Trinajstić information content (AvgIpc) is 1.82. The number of oxime groups is 1. The zero-order valence-corrected chi connectivity index (χ0v) is 6.68. The second-order valence-electron chi connectivity index (χ2n) is 1.30. The number of allylic oxidation sites excluding steroid dienone is 1. The molecular formula is C5H8BrNO2. The quantitative estimate of drug-likeness (QED) is 0.319. The van der Waals surface area contributed by atoms with Crippen LogP contribution in [0.5, 0.6) is 0 Å². The van der Waals surface area contributed by atoms with Crippen LogP contribution in [0, 0.1) is 0 Å². The number of aliphatic hydroxyl groups excluding tert-OH is 1. The third kappa shape index (κ3) is 3.13. The van der Waals surface area contributed by atoms with E-state index in [2.05, 4.69) is 32.5 Å². The van der Waals surface area contributed by atoms with Gasteiger partial charge in [0.1, 0.15) is 18.6 Å². The third-order valence-corrected chi connectivity index (χ3v) is 1.19. The Labute approximate surface area is 62.1 Å². The van der Waals surface area contributed by atoms with Crippen LogP contribution in [0.2, 0.25) is 0 Å². The Morgan fingerprint density at radius 3 is 2.56 bits per heavy atom. The molecule has 0 spiro atoms. The van der Waals surface area contributed by atoms with Gasteiger partial charge in [-0.15, -0.1) is 0 Å². The number of halogens is 1. The molecule has 0 saturated carbocycles. The number of hydrogen-bond donors (Lipinski definition) is 1. The summed E-state index contributed by atoms with van der Waals surface area (Å²) in [6.45, 7) is 3.26. The Morgan fingerprint density at radius 2 is 2.44 bits per heavy atom. The summed E-state index contributed by atoms with van der Waals surface area (Å²) in [5.41, 5.74) is 0.400. The molecule has 0 aromatic heterocycles. The summed E-state index contributed by atoms with van der Waals surface area (Å²) in [4.78, 5) is 4.39. The second-order valence-corrected chi connectivity index (χ2v) is 1.86. The van der Waals surface area contributed by atoms with Gasteiger partial charge in [0.05, 0.1) is 5.33 Å². The fraction of sp³-hybridized carbons (Fsp3) is 0.400. The maximum absolute atomic E-state index is 8.71. The highest BCUT2D eigenvalue weighted by molar-refractivity contribution is 9.09. The van der Waals surface area contributed by atoms with Crippen molar-refractivity contribution in [2.24, 2.45) is 5.16 Å². The third-order valence-electron chi connectivity index (χ3n) is 0.661. The van der Waals surface area contributed by atoms with E-state index in [9.17, 15) is 0 Å².